The lowest BCUT2D eigenvalue weighted by Gasteiger charge is -2.31. The first-order valence-electron chi connectivity index (χ1n) is 6.77. The first-order chi connectivity index (χ1) is 8.62. The van der Waals surface area contributed by atoms with Crippen LogP contribution in [-0.4, -0.2) is 11.4 Å². The van der Waals surface area contributed by atoms with Crippen LogP contribution in [0.1, 0.15) is 44.1 Å². The molecule has 1 aliphatic rings. The van der Waals surface area contributed by atoms with Gasteiger partial charge < -0.3 is 11.1 Å². The van der Waals surface area contributed by atoms with Gasteiger partial charge in [0.1, 0.15) is 5.54 Å². The molecular weight excluding hydrogens is 224 g/mol. The van der Waals surface area contributed by atoms with E-state index in [0.717, 1.165) is 31.4 Å². The van der Waals surface area contributed by atoms with Gasteiger partial charge in [-0.05, 0) is 31.9 Å². The van der Waals surface area contributed by atoms with Crippen LogP contribution in [0.2, 0.25) is 0 Å². The van der Waals surface area contributed by atoms with Crippen molar-refractivity contribution in [1.82, 2.24) is 0 Å². The summed E-state index contributed by atoms with van der Waals surface area (Å²) < 4.78 is 0. The topological polar surface area (TPSA) is 55.1 Å². The Kier molecular flexibility index (Phi) is 3.90. The number of primary amides is 1. The summed E-state index contributed by atoms with van der Waals surface area (Å²) in [6.07, 6.45) is 6.23. The third-order valence-electron chi connectivity index (χ3n) is 3.86. The molecular formula is C15H22N2O. The zero-order valence-electron chi connectivity index (χ0n) is 11.0. The van der Waals surface area contributed by atoms with E-state index in [-0.39, 0.29) is 5.91 Å². The minimum absolute atomic E-state index is 0.218. The number of carbonyl (C=O) groups is 1. The van der Waals surface area contributed by atoms with Gasteiger partial charge in [0.05, 0.1) is 0 Å². The van der Waals surface area contributed by atoms with Gasteiger partial charge in [0.25, 0.3) is 0 Å². The van der Waals surface area contributed by atoms with Gasteiger partial charge in [-0.15, -0.1) is 0 Å². The van der Waals surface area contributed by atoms with Gasteiger partial charge in [0.2, 0.25) is 5.91 Å². The van der Waals surface area contributed by atoms with Crippen LogP contribution in [0.3, 0.4) is 0 Å². The normalized spacial score (nSPS) is 18.9. The van der Waals surface area contributed by atoms with Gasteiger partial charge in [0, 0.05) is 5.69 Å². The van der Waals surface area contributed by atoms with Crippen molar-refractivity contribution in [3.05, 3.63) is 29.8 Å². The molecule has 1 saturated carbocycles. The highest BCUT2D eigenvalue weighted by Crippen LogP contribution is 2.30. The number of anilines is 1. The van der Waals surface area contributed by atoms with E-state index in [2.05, 4.69) is 12.2 Å². The SMILES string of the molecule is Cc1ccc(NC2(C(N)=O)CCCCCC2)cc1. The number of amides is 1. The van der Waals surface area contributed by atoms with E-state index in [9.17, 15) is 4.79 Å². The third kappa shape index (κ3) is 2.84. The summed E-state index contributed by atoms with van der Waals surface area (Å²) in [7, 11) is 0. The number of hydrogen-bond donors (Lipinski definition) is 2. The molecule has 0 saturated heterocycles. The van der Waals surface area contributed by atoms with E-state index < -0.39 is 5.54 Å². The summed E-state index contributed by atoms with van der Waals surface area (Å²) in [5, 5.41) is 3.39. The van der Waals surface area contributed by atoms with Crippen LogP contribution in [0.4, 0.5) is 5.69 Å². The average Bonchev–Trinajstić information content (AvgIpc) is 2.59. The fourth-order valence-electron chi connectivity index (χ4n) is 2.68. The van der Waals surface area contributed by atoms with Crippen molar-refractivity contribution >= 4 is 11.6 Å². The van der Waals surface area contributed by atoms with Crippen molar-refractivity contribution in [2.45, 2.75) is 51.0 Å². The maximum Gasteiger partial charge on any atom is 0.243 e. The zero-order chi connectivity index (χ0) is 13.0. The Hall–Kier alpha value is -1.51. The zero-order valence-corrected chi connectivity index (χ0v) is 11.0. The molecule has 3 heteroatoms. The molecule has 98 valence electrons. The molecule has 1 amide bonds. The Bertz CT molecular complexity index is 403. The van der Waals surface area contributed by atoms with Gasteiger partial charge in [-0.1, -0.05) is 43.4 Å². The Morgan fingerprint density at radius 2 is 1.67 bits per heavy atom. The molecule has 1 fully saturated rings. The van der Waals surface area contributed by atoms with Gasteiger partial charge in [-0.3, -0.25) is 4.79 Å². The summed E-state index contributed by atoms with van der Waals surface area (Å²) in [5.74, 6) is -0.218. The molecule has 3 N–H and O–H groups in total. The van der Waals surface area contributed by atoms with E-state index in [1.165, 1.54) is 18.4 Å². The fraction of sp³-hybridized carbons (Fsp3) is 0.533. The van der Waals surface area contributed by atoms with E-state index in [1.54, 1.807) is 0 Å². The Morgan fingerprint density at radius 1 is 1.11 bits per heavy atom. The van der Waals surface area contributed by atoms with Crippen molar-refractivity contribution < 1.29 is 4.79 Å². The molecule has 0 spiro atoms. The standard InChI is InChI=1S/C15H22N2O/c1-12-6-8-13(9-7-12)17-15(14(16)18)10-4-2-3-5-11-15/h6-9,17H,2-5,10-11H2,1H3,(H2,16,18). The largest absolute Gasteiger partial charge is 0.371 e. The predicted molar refractivity (Wildman–Crippen MR) is 74.4 cm³/mol. The van der Waals surface area contributed by atoms with E-state index >= 15 is 0 Å². The summed E-state index contributed by atoms with van der Waals surface area (Å²) in [6, 6.07) is 8.14. The Morgan fingerprint density at radius 3 is 2.17 bits per heavy atom. The van der Waals surface area contributed by atoms with Crippen LogP contribution in [0.5, 0.6) is 0 Å². The van der Waals surface area contributed by atoms with E-state index in [0.29, 0.717) is 0 Å². The second-order valence-electron chi connectivity index (χ2n) is 5.35. The van der Waals surface area contributed by atoms with Crippen molar-refractivity contribution in [3.63, 3.8) is 0 Å². The molecule has 2 rings (SSSR count). The minimum atomic E-state index is -0.550. The molecule has 1 aliphatic carbocycles. The summed E-state index contributed by atoms with van der Waals surface area (Å²) in [6.45, 7) is 2.05. The second kappa shape index (κ2) is 5.42. The molecule has 18 heavy (non-hydrogen) atoms. The number of carbonyl (C=O) groups excluding carboxylic acids is 1. The molecule has 0 radical (unpaired) electrons. The van der Waals surface area contributed by atoms with Crippen molar-refractivity contribution in [2.24, 2.45) is 5.73 Å². The van der Waals surface area contributed by atoms with Crippen LogP contribution in [0, 0.1) is 6.92 Å². The average molecular weight is 246 g/mol. The first-order valence-corrected chi connectivity index (χ1v) is 6.77. The van der Waals surface area contributed by atoms with Crippen LogP contribution in [0.15, 0.2) is 24.3 Å². The Labute approximate surface area is 109 Å². The first kappa shape index (κ1) is 12.9. The lowest BCUT2D eigenvalue weighted by atomic mass is 9.89. The summed E-state index contributed by atoms with van der Waals surface area (Å²) in [5.41, 5.74) is 7.30. The minimum Gasteiger partial charge on any atom is -0.371 e. The lowest BCUT2D eigenvalue weighted by molar-refractivity contribution is -0.122. The highest BCUT2D eigenvalue weighted by Gasteiger charge is 2.36. The molecule has 0 atom stereocenters. The van der Waals surface area contributed by atoms with Gasteiger partial charge in [0.15, 0.2) is 0 Å². The highest BCUT2D eigenvalue weighted by molar-refractivity contribution is 5.88. The number of nitrogens with one attached hydrogen (secondary N) is 1. The Balaban J connectivity index is 2.19. The predicted octanol–water partition coefficient (Wildman–Crippen LogP) is 2.99. The maximum absolute atomic E-state index is 11.9. The van der Waals surface area contributed by atoms with E-state index in [4.69, 9.17) is 5.73 Å². The monoisotopic (exact) mass is 246 g/mol. The number of nitrogens with two attached hydrogens (primary N) is 1. The highest BCUT2D eigenvalue weighted by atomic mass is 16.1. The van der Waals surface area contributed by atoms with Crippen LogP contribution in [-0.2, 0) is 4.79 Å². The van der Waals surface area contributed by atoms with Crippen molar-refractivity contribution in [2.75, 3.05) is 5.32 Å². The molecule has 0 aliphatic heterocycles. The summed E-state index contributed by atoms with van der Waals surface area (Å²) in [4.78, 5) is 11.9. The van der Waals surface area contributed by atoms with Crippen LogP contribution < -0.4 is 11.1 Å². The molecule has 0 heterocycles. The molecule has 1 aromatic carbocycles. The second-order valence-corrected chi connectivity index (χ2v) is 5.35. The fourth-order valence-corrected chi connectivity index (χ4v) is 2.68. The van der Waals surface area contributed by atoms with Crippen LogP contribution >= 0.6 is 0 Å². The number of aryl methyl sites for hydroxylation is 1. The molecule has 0 unspecified atom stereocenters. The van der Waals surface area contributed by atoms with Crippen LogP contribution in [0.25, 0.3) is 0 Å². The molecule has 1 aromatic rings. The molecule has 0 bridgehead atoms. The van der Waals surface area contributed by atoms with Gasteiger partial charge in [-0.25, -0.2) is 0 Å². The number of hydrogen-bond acceptors (Lipinski definition) is 2. The third-order valence-corrected chi connectivity index (χ3v) is 3.86. The molecule has 3 nitrogen and oxygen atoms in total. The van der Waals surface area contributed by atoms with Crippen molar-refractivity contribution in [1.29, 1.82) is 0 Å². The van der Waals surface area contributed by atoms with Gasteiger partial charge in [-0.2, -0.15) is 0 Å². The lowest BCUT2D eigenvalue weighted by Crippen LogP contribution is -2.50. The van der Waals surface area contributed by atoms with Crippen molar-refractivity contribution in [3.8, 4) is 0 Å². The molecule has 0 aromatic heterocycles. The quantitative estimate of drug-likeness (QED) is 0.806. The maximum atomic E-state index is 11.9. The van der Waals surface area contributed by atoms with Gasteiger partial charge >= 0.3 is 0 Å². The smallest absolute Gasteiger partial charge is 0.243 e. The summed E-state index contributed by atoms with van der Waals surface area (Å²) >= 11 is 0. The number of benzene rings is 1. The van der Waals surface area contributed by atoms with E-state index in [1.807, 2.05) is 24.3 Å². The number of rotatable bonds is 3.